The minimum Gasteiger partial charge on any atom is -0.491 e. The van der Waals surface area contributed by atoms with Crippen LogP contribution >= 0.6 is 0 Å². The van der Waals surface area contributed by atoms with Crippen molar-refractivity contribution >= 4 is 5.97 Å². The molecule has 0 aliphatic rings. The van der Waals surface area contributed by atoms with Crippen LogP contribution in [0.25, 0.3) is 0 Å². The third kappa shape index (κ3) is 4.85. The molecule has 1 aromatic rings. The first kappa shape index (κ1) is 16.5. The van der Waals surface area contributed by atoms with Crippen molar-refractivity contribution in [2.24, 2.45) is 5.92 Å². The molecule has 0 saturated carbocycles. The Kier molecular flexibility index (Phi) is 6.52. The highest BCUT2D eigenvalue weighted by molar-refractivity contribution is 5.71. The molecule has 0 aliphatic carbocycles. The molecule has 2 unspecified atom stereocenters. The van der Waals surface area contributed by atoms with Crippen LogP contribution in [-0.4, -0.2) is 22.3 Å². The Morgan fingerprint density at radius 1 is 1.25 bits per heavy atom. The molecule has 2 atom stereocenters. The van der Waals surface area contributed by atoms with E-state index in [0.717, 1.165) is 18.6 Å². The van der Waals surface area contributed by atoms with Crippen LogP contribution in [0.15, 0.2) is 24.3 Å². The first-order chi connectivity index (χ1) is 9.45. The number of rotatable bonds is 8. The van der Waals surface area contributed by atoms with E-state index in [0.29, 0.717) is 12.0 Å². The maximum absolute atomic E-state index is 11.2. The van der Waals surface area contributed by atoms with Crippen LogP contribution in [0.1, 0.15) is 51.7 Å². The van der Waals surface area contributed by atoms with Crippen molar-refractivity contribution in [3.63, 3.8) is 0 Å². The van der Waals surface area contributed by atoms with E-state index >= 15 is 0 Å². The molecule has 0 bridgehead atoms. The summed E-state index contributed by atoms with van der Waals surface area (Å²) in [7, 11) is 0. The second-order valence-electron chi connectivity index (χ2n) is 5.27. The third-order valence-corrected chi connectivity index (χ3v) is 3.16. The molecule has 0 saturated heterocycles. The lowest BCUT2D eigenvalue weighted by Gasteiger charge is -2.19. The lowest BCUT2D eigenvalue weighted by Crippen LogP contribution is -2.22. The van der Waals surface area contributed by atoms with Crippen LogP contribution in [0.3, 0.4) is 0 Å². The van der Waals surface area contributed by atoms with Gasteiger partial charge < -0.3 is 14.9 Å². The Hall–Kier alpha value is -1.55. The van der Waals surface area contributed by atoms with Crippen molar-refractivity contribution in [3.05, 3.63) is 29.8 Å². The van der Waals surface area contributed by atoms with Crippen molar-refractivity contribution in [2.45, 2.75) is 52.2 Å². The molecule has 112 valence electrons. The minimum absolute atomic E-state index is 0.0853. The lowest BCUT2D eigenvalue weighted by molar-refractivity contribution is -0.146. The Morgan fingerprint density at radius 3 is 2.30 bits per heavy atom. The molecular weight excluding hydrogens is 256 g/mol. The largest absolute Gasteiger partial charge is 0.491 e. The van der Waals surface area contributed by atoms with Crippen molar-refractivity contribution in [1.82, 2.24) is 0 Å². The highest BCUT2D eigenvalue weighted by atomic mass is 16.5. The predicted octanol–water partition coefficient (Wildman–Crippen LogP) is 3.40. The maximum atomic E-state index is 11.2. The fourth-order valence-electron chi connectivity index (χ4n) is 2.09. The van der Waals surface area contributed by atoms with Gasteiger partial charge in [0.25, 0.3) is 0 Å². The van der Waals surface area contributed by atoms with Gasteiger partial charge in [0.1, 0.15) is 5.75 Å². The van der Waals surface area contributed by atoms with E-state index in [-0.39, 0.29) is 6.10 Å². The van der Waals surface area contributed by atoms with E-state index in [1.165, 1.54) is 0 Å². The fourth-order valence-corrected chi connectivity index (χ4v) is 2.09. The molecule has 0 aromatic heterocycles. The number of aliphatic hydroxyl groups excluding tert-OH is 1. The summed E-state index contributed by atoms with van der Waals surface area (Å²) in [6.45, 7) is 5.88. The topological polar surface area (TPSA) is 66.8 Å². The average Bonchev–Trinajstić information content (AvgIpc) is 2.38. The van der Waals surface area contributed by atoms with Crippen LogP contribution in [0, 0.1) is 5.92 Å². The number of benzene rings is 1. The van der Waals surface area contributed by atoms with Gasteiger partial charge in [-0.2, -0.15) is 0 Å². The van der Waals surface area contributed by atoms with Gasteiger partial charge in [-0.05, 0) is 38.0 Å². The predicted molar refractivity (Wildman–Crippen MR) is 77.8 cm³/mol. The Labute approximate surface area is 120 Å². The van der Waals surface area contributed by atoms with Gasteiger partial charge in [0.2, 0.25) is 0 Å². The number of carbonyl (C=O) groups is 1. The zero-order chi connectivity index (χ0) is 15.1. The molecule has 0 aliphatic heterocycles. The summed E-state index contributed by atoms with van der Waals surface area (Å²) in [6.07, 6.45) is 1.30. The summed E-state index contributed by atoms with van der Waals surface area (Å²) in [5, 5.41) is 19.4. The smallest absolute Gasteiger partial charge is 0.309 e. The number of carboxylic acids is 1. The quantitative estimate of drug-likeness (QED) is 0.766. The number of hydrogen-bond acceptors (Lipinski definition) is 3. The van der Waals surface area contributed by atoms with E-state index in [2.05, 4.69) is 0 Å². The standard InChI is InChI=1S/C16H24O4/c1-4-5-6-14(16(18)19)15(17)12-7-9-13(10-8-12)20-11(2)3/h7-11,14-15,17H,4-6H2,1-3H3,(H,18,19). The molecule has 0 spiro atoms. The van der Waals surface area contributed by atoms with E-state index in [9.17, 15) is 15.0 Å². The molecule has 20 heavy (non-hydrogen) atoms. The minimum atomic E-state index is -0.979. The van der Waals surface area contributed by atoms with Gasteiger partial charge in [0, 0.05) is 0 Å². The summed E-state index contributed by atoms with van der Waals surface area (Å²) < 4.78 is 5.52. The van der Waals surface area contributed by atoms with Crippen molar-refractivity contribution in [2.75, 3.05) is 0 Å². The molecular formula is C16H24O4. The van der Waals surface area contributed by atoms with Gasteiger partial charge >= 0.3 is 5.97 Å². The SMILES string of the molecule is CCCCC(C(=O)O)C(O)c1ccc(OC(C)C)cc1. The third-order valence-electron chi connectivity index (χ3n) is 3.16. The zero-order valence-electron chi connectivity index (χ0n) is 12.4. The summed E-state index contributed by atoms with van der Waals surface area (Å²) >= 11 is 0. The van der Waals surface area contributed by atoms with Crippen LogP contribution in [0.4, 0.5) is 0 Å². The van der Waals surface area contributed by atoms with Crippen molar-refractivity contribution in [1.29, 1.82) is 0 Å². The second kappa shape index (κ2) is 7.90. The molecule has 0 radical (unpaired) electrons. The molecule has 1 aromatic carbocycles. The van der Waals surface area contributed by atoms with Crippen molar-refractivity contribution in [3.8, 4) is 5.75 Å². The molecule has 4 heteroatoms. The molecule has 0 fully saturated rings. The summed E-state index contributed by atoms with van der Waals surface area (Å²) in [5.74, 6) is -0.989. The van der Waals surface area contributed by atoms with E-state index in [1.807, 2.05) is 20.8 Å². The van der Waals surface area contributed by atoms with Crippen molar-refractivity contribution < 1.29 is 19.7 Å². The van der Waals surface area contributed by atoms with Crippen LogP contribution in [0.5, 0.6) is 5.75 Å². The molecule has 4 nitrogen and oxygen atoms in total. The number of hydrogen-bond donors (Lipinski definition) is 2. The van der Waals surface area contributed by atoms with Gasteiger partial charge in [-0.25, -0.2) is 0 Å². The fraction of sp³-hybridized carbons (Fsp3) is 0.562. The molecule has 0 amide bonds. The molecule has 0 heterocycles. The normalized spacial score (nSPS) is 14.1. The Morgan fingerprint density at radius 2 is 1.85 bits per heavy atom. The van der Waals surface area contributed by atoms with Crippen LogP contribution < -0.4 is 4.74 Å². The maximum Gasteiger partial charge on any atom is 0.309 e. The van der Waals surface area contributed by atoms with E-state index in [4.69, 9.17) is 4.74 Å². The highest BCUT2D eigenvalue weighted by Crippen LogP contribution is 2.28. The van der Waals surface area contributed by atoms with Gasteiger partial charge in [0.15, 0.2) is 0 Å². The Balaban J connectivity index is 2.78. The van der Waals surface area contributed by atoms with E-state index in [1.54, 1.807) is 24.3 Å². The number of aliphatic hydroxyl groups is 1. The first-order valence-corrected chi connectivity index (χ1v) is 7.13. The zero-order valence-corrected chi connectivity index (χ0v) is 12.4. The molecule has 1 rings (SSSR count). The van der Waals surface area contributed by atoms with Crippen LogP contribution in [0.2, 0.25) is 0 Å². The van der Waals surface area contributed by atoms with Gasteiger partial charge in [-0.1, -0.05) is 31.9 Å². The highest BCUT2D eigenvalue weighted by Gasteiger charge is 2.27. The van der Waals surface area contributed by atoms with Gasteiger partial charge in [-0.3, -0.25) is 4.79 Å². The molecule has 2 N–H and O–H groups in total. The monoisotopic (exact) mass is 280 g/mol. The number of unbranched alkanes of at least 4 members (excludes halogenated alkanes) is 1. The average molecular weight is 280 g/mol. The Bertz CT molecular complexity index is 411. The summed E-state index contributed by atoms with van der Waals surface area (Å²) in [6, 6.07) is 6.98. The number of carboxylic acid groups (broad SMARTS) is 1. The van der Waals surface area contributed by atoms with Gasteiger partial charge in [0.05, 0.1) is 18.1 Å². The van der Waals surface area contributed by atoms with E-state index < -0.39 is 18.0 Å². The lowest BCUT2D eigenvalue weighted by atomic mass is 9.91. The summed E-state index contributed by atoms with van der Waals surface area (Å²) in [5.41, 5.74) is 0.615. The second-order valence-corrected chi connectivity index (χ2v) is 5.27. The van der Waals surface area contributed by atoms with Gasteiger partial charge in [-0.15, -0.1) is 0 Å². The number of aliphatic carboxylic acids is 1. The number of ether oxygens (including phenoxy) is 1. The van der Waals surface area contributed by atoms with Crippen LogP contribution in [-0.2, 0) is 4.79 Å². The first-order valence-electron chi connectivity index (χ1n) is 7.13. The summed E-state index contributed by atoms with van der Waals surface area (Å²) in [4.78, 5) is 11.2.